The van der Waals surface area contributed by atoms with Crippen LogP contribution in [-0.2, 0) is 33.3 Å². The molecule has 0 saturated carbocycles. The molecule has 9 heteroatoms. The van der Waals surface area contributed by atoms with Crippen molar-refractivity contribution in [2.45, 2.75) is 411 Å². The number of ether oxygens (including phenoxy) is 4. The number of hydrogen-bond donors (Lipinski definition) is 0. The third-order valence-corrected chi connectivity index (χ3v) is 18.7. The van der Waals surface area contributed by atoms with Crippen molar-refractivity contribution in [2.24, 2.45) is 0 Å². The number of aliphatic carboxylic acids is 1. The molecular weight excluding hydrogens is 1200 g/mol. The SMILES string of the molecule is CC/C=C\C/C=C\C/C=C\C/C=C\C/C=C\C/C=C\C/C=C\CCCCCCCCCCCC(=O)OC(COC(=O)CCCCCCCCCCCCCCCCCCCCCCCCCCCCCCCCCCCCCCCCCCC)COC(OCC[N+](C)(C)C)C(=O)[O-]. The fourth-order valence-electron chi connectivity index (χ4n) is 12.3. The molecule has 9 nitrogen and oxygen atoms in total. The highest BCUT2D eigenvalue weighted by molar-refractivity contribution is 5.70. The molecule has 0 aromatic heterocycles. The predicted octanol–water partition coefficient (Wildman–Crippen LogP) is 25.6. The molecule has 0 aromatic rings. The van der Waals surface area contributed by atoms with Crippen molar-refractivity contribution in [3.8, 4) is 0 Å². The second-order valence-electron chi connectivity index (χ2n) is 29.4. The number of quaternary nitrogens is 1. The van der Waals surface area contributed by atoms with Crippen molar-refractivity contribution in [1.29, 1.82) is 0 Å². The van der Waals surface area contributed by atoms with Crippen LogP contribution in [0, 0.1) is 0 Å². The van der Waals surface area contributed by atoms with Gasteiger partial charge in [-0.1, -0.05) is 401 Å². The Kier molecular flexibility index (Phi) is 75.3. The van der Waals surface area contributed by atoms with Crippen molar-refractivity contribution in [3.63, 3.8) is 0 Å². The van der Waals surface area contributed by atoms with Gasteiger partial charge in [0, 0.05) is 12.8 Å². The van der Waals surface area contributed by atoms with Gasteiger partial charge in [0.15, 0.2) is 12.4 Å². The summed E-state index contributed by atoms with van der Waals surface area (Å²) in [7, 11) is 5.94. The summed E-state index contributed by atoms with van der Waals surface area (Å²) in [6, 6.07) is 0. The highest BCUT2D eigenvalue weighted by atomic mass is 16.7. The van der Waals surface area contributed by atoms with Gasteiger partial charge in [-0.3, -0.25) is 9.59 Å². The number of carboxylic acids is 1. The molecule has 0 aromatic carbocycles. The Hall–Kier alpha value is -3.53. The number of rotatable bonds is 78. The lowest BCUT2D eigenvalue weighted by molar-refractivity contribution is -0.870. The standard InChI is InChI=1S/C88H159NO8/c1-6-8-10-12-14-16-18-20-22-24-26-28-30-32-34-36-38-39-40-41-42-43-44-45-46-47-49-50-52-54-56-58-60-62-64-66-68-70-72-74-76-78-85(90)95-82-84(83-96-88(87(92)93)94-81-80-89(3,4)5)97-86(91)79-77-75-73-71-69-67-65-63-61-59-57-55-53-51-48-37-35-33-31-29-27-25-23-21-19-17-15-13-11-9-7-2/h9,11,15,17,21,23,27,29,33,35,48,51,55,57,84,88H,6-8,10,12-14,16,18-20,22,24-26,28,30-32,34,36-47,49-50,52-54,56,58-83H2,1-5H3/b11-9-,17-15-,23-21-,29-27-,35-33-,51-48-,57-55-. The van der Waals surface area contributed by atoms with Crippen LogP contribution in [0.25, 0.3) is 0 Å². The molecule has 97 heavy (non-hydrogen) atoms. The number of nitrogens with zero attached hydrogens (tertiary/aromatic N) is 1. The summed E-state index contributed by atoms with van der Waals surface area (Å²) < 4.78 is 22.9. The van der Waals surface area contributed by atoms with E-state index in [1.54, 1.807) is 0 Å². The minimum atomic E-state index is -1.63. The lowest BCUT2D eigenvalue weighted by atomic mass is 10.0. The first-order chi connectivity index (χ1) is 47.6. The van der Waals surface area contributed by atoms with Gasteiger partial charge in [0.05, 0.1) is 40.3 Å². The molecule has 0 aliphatic heterocycles. The molecule has 2 atom stereocenters. The number of allylic oxidation sites excluding steroid dienone is 14. The monoisotopic (exact) mass is 1360 g/mol. The molecule has 2 unspecified atom stereocenters. The largest absolute Gasteiger partial charge is 0.545 e. The van der Waals surface area contributed by atoms with Crippen molar-refractivity contribution in [2.75, 3.05) is 47.5 Å². The summed E-state index contributed by atoms with van der Waals surface area (Å²) in [5.41, 5.74) is 0. The van der Waals surface area contributed by atoms with E-state index in [1.807, 2.05) is 21.1 Å². The molecule has 0 heterocycles. The Labute approximate surface area is 601 Å². The van der Waals surface area contributed by atoms with Crippen LogP contribution < -0.4 is 5.11 Å². The third-order valence-electron chi connectivity index (χ3n) is 18.7. The van der Waals surface area contributed by atoms with E-state index >= 15 is 0 Å². The van der Waals surface area contributed by atoms with Crippen LogP contribution in [0.15, 0.2) is 85.1 Å². The minimum Gasteiger partial charge on any atom is -0.545 e. The summed E-state index contributed by atoms with van der Waals surface area (Å²) in [6.07, 6.45) is 104. The minimum absolute atomic E-state index is 0.145. The molecule has 0 fully saturated rings. The van der Waals surface area contributed by atoms with E-state index in [4.69, 9.17) is 18.9 Å². The maximum atomic E-state index is 13.0. The zero-order valence-electron chi connectivity index (χ0n) is 64.7. The molecule has 0 N–H and O–H groups in total. The van der Waals surface area contributed by atoms with E-state index < -0.39 is 24.3 Å². The van der Waals surface area contributed by atoms with Crippen LogP contribution >= 0.6 is 0 Å². The van der Waals surface area contributed by atoms with Gasteiger partial charge in [0.1, 0.15) is 13.2 Å². The Morgan fingerprint density at radius 2 is 0.588 bits per heavy atom. The van der Waals surface area contributed by atoms with Gasteiger partial charge in [0.2, 0.25) is 0 Å². The average molecular weight is 1360 g/mol. The first-order valence-corrected chi connectivity index (χ1v) is 41.7. The lowest BCUT2D eigenvalue weighted by Crippen LogP contribution is -2.44. The first-order valence-electron chi connectivity index (χ1n) is 41.7. The topological polar surface area (TPSA) is 111 Å². The van der Waals surface area contributed by atoms with E-state index in [9.17, 15) is 19.5 Å². The normalized spacial score (nSPS) is 13.0. The third kappa shape index (κ3) is 79.7. The number of carboxylic acid groups (broad SMARTS) is 1. The van der Waals surface area contributed by atoms with Crippen LogP contribution in [0.2, 0.25) is 0 Å². The quantitative estimate of drug-likeness (QED) is 0.0195. The van der Waals surface area contributed by atoms with Crippen LogP contribution in [0.1, 0.15) is 399 Å². The van der Waals surface area contributed by atoms with Gasteiger partial charge in [-0.25, -0.2) is 0 Å². The molecule has 0 spiro atoms. The molecule has 0 bridgehead atoms. The van der Waals surface area contributed by atoms with E-state index in [-0.39, 0.29) is 32.2 Å². The number of esters is 2. The molecular formula is C88H159NO8. The van der Waals surface area contributed by atoms with Crippen LogP contribution in [0.4, 0.5) is 0 Å². The van der Waals surface area contributed by atoms with Crippen LogP contribution in [-0.4, -0.2) is 82.3 Å². The number of unbranched alkanes of at least 4 members (excludes halogenated alkanes) is 49. The Balaban J connectivity index is 3.97. The van der Waals surface area contributed by atoms with Gasteiger partial charge < -0.3 is 33.3 Å². The van der Waals surface area contributed by atoms with E-state index in [0.717, 1.165) is 89.9 Å². The predicted molar refractivity (Wildman–Crippen MR) is 417 cm³/mol. The number of carbonyl (C=O) groups excluding carboxylic acids is 3. The highest BCUT2D eigenvalue weighted by Gasteiger charge is 2.22. The Bertz CT molecular complexity index is 1870. The van der Waals surface area contributed by atoms with Crippen molar-refractivity contribution < 1.29 is 42.9 Å². The maximum Gasteiger partial charge on any atom is 0.306 e. The Morgan fingerprint density at radius 1 is 0.320 bits per heavy atom. The first kappa shape index (κ1) is 93.5. The van der Waals surface area contributed by atoms with Crippen molar-refractivity contribution >= 4 is 17.9 Å². The maximum absolute atomic E-state index is 13.0. The molecule has 0 radical (unpaired) electrons. The number of hydrogen-bond acceptors (Lipinski definition) is 8. The lowest BCUT2D eigenvalue weighted by Gasteiger charge is -2.26. The fraction of sp³-hybridized carbons (Fsp3) is 0.807. The second-order valence-corrected chi connectivity index (χ2v) is 29.4. The Morgan fingerprint density at radius 3 is 0.876 bits per heavy atom. The summed E-state index contributed by atoms with van der Waals surface area (Å²) >= 11 is 0. The fourth-order valence-corrected chi connectivity index (χ4v) is 12.3. The molecule has 0 rings (SSSR count). The zero-order valence-corrected chi connectivity index (χ0v) is 64.7. The van der Waals surface area contributed by atoms with Crippen LogP contribution in [0.3, 0.4) is 0 Å². The highest BCUT2D eigenvalue weighted by Crippen LogP contribution is 2.20. The van der Waals surface area contributed by atoms with E-state index in [0.29, 0.717) is 23.9 Å². The van der Waals surface area contributed by atoms with Gasteiger partial charge in [-0.2, -0.15) is 0 Å². The summed E-state index contributed by atoms with van der Waals surface area (Å²) in [5.74, 6) is -2.27. The number of likely N-dealkylation sites (N-methyl/N-ethyl adjacent to an activating group) is 1. The van der Waals surface area contributed by atoms with Gasteiger partial charge >= 0.3 is 11.9 Å². The average Bonchev–Trinajstić information content (AvgIpc) is 2.39. The van der Waals surface area contributed by atoms with Crippen molar-refractivity contribution in [1.82, 2.24) is 0 Å². The molecule has 0 saturated heterocycles. The molecule has 0 aliphatic rings. The van der Waals surface area contributed by atoms with Crippen molar-refractivity contribution in [3.05, 3.63) is 85.1 Å². The van der Waals surface area contributed by atoms with Crippen LogP contribution in [0.5, 0.6) is 0 Å². The van der Waals surface area contributed by atoms with Gasteiger partial charge in [-0.15, -0.1) is 0 Å². The molecule has 0 aliphatic carbocycles. The number of carbonyl (C=O) groups is 3. The van der Waals surface area contributed by atoms with E-state index in [2.05, 4.69) is 98.9 Å². The summed E-state index contributed by atoms with van der Waals surface area (Å²) in [6.45, 7) is 4.68. The zero-order chi connectivity index (χ0) is 70.4. The van der Waals surface area contributed by atoms with Gasteiger partial charge in [0.25, 0.3) is 0 Å². The summed E-state index contributed by atoms with van der Waals surface area (Å²) in [5, 5.41) is 11.9. The molecule has 564 valence electrons. The molecule has 0 amide bonds. The second kappa shape index (κ2) is 78.2. The van der Waals surface area contributed by atoms with E-state index in [1.165, 1.54) is 276 Å². The summed E-state index contributed by atoms with van der Waals surface area (Å²) in [4.78, 5) is 37.6. The van der Waals surface area contributed by atoms with Gasteiger partial charge in [-0.05, 0) is 70.6 Å². The smallest absolute Gasteiger partial charge is 0.306 e.